The molecule has 0 unspecified atom stereocenters. The highest BCUT2D eigenvalue weighted by Gasteiger charge is 2.06. The average Bonchev–Trinajstić information content (AvgIpc) is 2.84. The molecule has 104 valence electrons. The van der Waals surface area contributed by atoms with Crippen molar-refractivity contribution in [1.82, 2.24) is 19.3 Å². The number of halogens is 1. The van der Waals surface area contributed by atoms with Gasteiger partial charge in [0.25, 0.3) is 0 Å². The van der Waals surface area contributed by atoms with Crippen molar-refractivity contribution in [1.29, 1.82) is 0 Å². The molecule has 0 amide bonds. The van der Waals surface area contributed by atoms with E-state index in [1.165, 1.54) is 0 Å². The summed E-state index contributed by atoms with van der Waals surface area (Å²) in [4.78, 5) is 10.9. The fourth-order valence-electron chi connectivity index (χ4n) is 1.74. The molecule has 1 N–H and O–H groups in total. The van der Waals surface area contributed by atoms with Crippen LogP contribution in [0.3, 0.4) is 0 Å². The van der Waals surface area contributed by atoms with Gasteiger partial charge in [0.1, 0.15) is 4.60 Å². The Morgan fingerprint density at radius 2 is 2.32 bits per heavy atom. The van der Waals surface area contributed by atoms with Crippen molar-refractivity contribution in [2.45, 2.75) is 0 Å². The monoisotopic (exact) mass is 327 g/mol. The van der Waals surface area contributed by atoms with Crippen LogP contribution in [0.2, 0.25) is 0 Å². The third-order valence-electron chi connectivity index (χ3n) is 2.81. The Kier molecular flexibility index (Phi) is 5.12. The summed E-state index contributed by atoms with van der Waals surface area (Å²) in [5, 5.41) is 3.31. The van der Waals surface area contributed by atoms with Gasteiger partial charge in [0.2, 0.25) is 0 Å². The Hall–Kier alpha value is -1.18. The van der Waals surface area contributed by atoms with Crippen molar-refractivity contribution in [3.63, 3.8) is 0 Å². The number of nitrogens with one attached hydrogen (secondary N) is 1. The normalized spacial score (nSPS) is 11.4. The van der Waals surface area contributed by atoms with Crippen LogP contribution in [-0.4, -0.2) is 59.7 Å². The Bertz CT molecular complexity index is 530. The Labute approximate surface area is 120 Å². The minimum absolute atomic E-state index is 0.746. The second-order valence-corrected chi connectivity index (χ2v) is 5.11. The Balaban J connectivity index is 1.92. The van der Waals surface area contributed by atoms with Crippen LogP contribution in [0.5, 0.6) is 0 Å². The van der Waals surface area contributed by atoms with Crippen molar-refractivity contribution in [2.75, 3.05) is 45.7 Å². The standard InChI is InChI=1S/C12H18BrN5O/c1-17(7-8-19-2)5-3-14-11-12-15-4-6-18(12)9-10(13)16-11/h4,6,9H,3,5,7-8H2,1-2H3,(H,14,16). The number of fused-ring (bicyclic) bond motifs is 1. The maximum absolute atomic E-state index is 5.05. The number of imidazole rings is 1. The molecule has 0 aliphatic heterocycles. The number of nitrogens with zero attached hydrogens (tertiary/aromatic N) is 4. The van der Waals surface area contributed by atoms with Crippen molar-refractivity contribution < 1.29 is 4.74 Å². The zero-order valence-electron chi connectivity index (χ0n) is 11.1. The number of methoxy groups -OCH3 is 1. The van der Waals surface area contributed by atoms with Crippen LogP contribution in [-0.2, 0) is 4.74 Å². The van der Waals surface area contributed by atoms with Gasteiger partial charge in [0, 0.05) is 45.3 Å². The van der Waals surface area contributed by atoms with Gasteiger partial charge in [-0.15, -0.1) is 0 Å². The van der Waals surface area contributed by atoms with Crippen LogP contribution < -0.4 is 5.32 Å². The summed E-state index contributed by atoms with van der Waals surface area (Å²) < 4.78 is 7.77. The molecule has 6 nitrogen and oxygen atoms in total. The third-order valence-corrected chi connectivity index (χ3v) is 3.19. The first-order chi connectivity index (χ1) is 9.20. The molecule has 2 rings (SSSR count). The first-order valence-corrected chi connectivity index (χ1v) is 6.90. The van der Waals surface area contributed by atoms with Gasteiger partial charge >= 0.3 is 0 Å². The molecule has 0 fully saturated rings. The molecule has 0 spiro atoms. The van der Waals surface area contributed by atoms with Gasteiger partial charge in [-0.2, -0.15) is 0 Å². The van der Waals surface area contributed by atoms with E-state index in [1.807, 2.05) is 16.8 Å². The van der Waals surface area contributed by atoms with Crippen LogP contribution in [0, 0.1) is 0 Å². The molecule has 2 heterocycles. The molecule has 7 heteroatoms. The summed E-state index contributed by atoms with van der Waals surface area (Å²) in [6, 6.07) is 0. The van der Waals surface area contributed by atoms with Crippen LogP contribution >= 0.6 is 15.9 Å². The summed E-state index contributed by atoms with van der Waals surface area (Å²) >= 11 is 3.40. The molecule has 0 radical (unpaired) electrons. The predicted octanol–water partition coefficient (Wildman–Crippen LogP) is 1.48. The minimum Gasteiger partial charge on any atom is -0.383 e. The predicted molar refractivity (Wildman–Crippen MR) is 78.5 cm³/mol. The Morgan fingerprint density at radius 3 is 3.11 bits per heavy atom. The molecule has 0 saturated carbocycles. The van der Waals surface area contributed by atoms with E-state index in [0.717, 1.165) is 42.3 Å². The quantitative estimate of drug-likeness (QED) is 0.834. The van der Waals surface area contributed by atoms with E-state index in [0.29, 0.717) is 0 Å². The highest BCUT2D eigenvalue weighted by molar-refractivity contribution is 9.10. The average molecular weight is 328 g/mol. The van der Waals surface area contributed by atoms with Gasteiger partial charge < -0.3 is 19.4 Å². The van der Waals surface area contributed by atoms with E-state index in [4.69, 9.17) is 4.74 Å². The van der Waals surface area contributed by atoms with E-state index >= 15 is 0 Å². The van der Waals surface area contributed by atoms with Gasteiger partial charge in [-0.05, 0) is 23.0 Å². The maximum atomic E-state index is 5.05. The molecular weight excluding hydrogens is 310 g/mol. The molecule has 0 aliphatic carbocycles. The van der Waals surface area contributed by atoms with E-state index in [2.05, 4.69) is 43.2 Å². The zero-order chi connectivity index (χ0) is 13.7. The number of ether oxygens (including phenoxy) is 1. The first-order valence-electron chi connectivity index (χ1n) is 6.11. The molecule has 0 saturated heterocycles. The third kappa shape index (κ3) is 3.89. The fraction of sp³-hybridized carbons (Fsp3) is 0.500. The number of hydrogen-bond donors (Lipinski definition) is 1. The van der Waals surface area contributed by atoms with Gasteiger partial charge in [-0.25, -0.2) is 9.97 Å². The highest BCUT2D eigenvalue weighted by Crippen LogP contribution is 2.16. The number of rotatable bonds is 7. The zero-order valence-corrected chi connectivity index (χ0v) is 12.7. The molecule has 19 heavy (non-hydrogen) atoms. The van der Waals surface area contributed by atoms with E-state index in [9.17, 15) is 0 Å². The van der Waals surface area contributed by atoms with E-state index in [-0.39, 0.29) is 0 Å². The molecule has 0 bridgehead atoms. The van der Waals surface area contributed by atoms with Crippen LogP contribution in [0.1, 0.15) is 0 Å². The molecule has 0 aromatic carbocycles. The van der Waals surface area contributed by atoms with E-state index < -0.39 is 0 Å². The second kappa shape index (κ2) is 6.83. The molecule has 2 aromatic rings. The van der Waals surface area contributed by atoms with Gasteiger partial charge in [-0.3, -0.25) is 0 Å². The van der Waals surface area contributed by atoms with E-state index in [1.54, 1.807) is 13.3 Å². The molecule has 0 atom stereocenters. The lowest BCUT2D eigenvalue weighted by Gasteiger charge is -2.16. The molecule has 2 aromatic heterocycles. The fourth-order valence-corrected chi connectivity index (χ4v) is 2.14. The summed E-state index contributed by atoms with van der Waals surface area (Å²) in [7, 11) is 3.78. The summed E-state index contributed by atoms with van der Waals surface area (Å²) in [6.07, 6.45) is 5.55. The van der Waals surface area contributed by atoms with Crippen molar-refractivity contribution >= 4 is 27.4 Å². The van der Waals surface area contributed by atoms with Crippen LogP contribution in [0.25, 0.3) is 5.65 Å². The number of anilines is 1. The van der Waals surface area contributed by atoms with Gasteiger partial charge in [0.15, 0.2) is 11.5 Å². The largest absolute Gasteiger partial charge is 0.383 e. The van der Waals surface area contributed by atoms with Crippen molar-refractivity contribution in [2.24, 2.45) is 0 Å². The minimum atomic E-state index is 0.746. The Morgan fingerprint density at radius 1 is 1.47 bits per heavy atom. The van der Waals surface area contributed by atoms with Crippen molar-refractivity contribution in [3.8, 4) is 0 Å². The topological polar surface area (TPSA) is 54.7 Å². The number of likely N-dealkylation sites (N-methyl/N-ethyl adjacent to an activating group) is 1. The van der Waals surface area contributed by atoms with Crippen LogP contribution in [0.15, 0.2) is 23.2 Å². The maximum Gasteiger partial charge on any atom is 0.180 e. The summed E-state index contributed by atoms with van der Waals surface area (Å²) in [5.74, 6) is 0.791. The lowest BCUT2D eigenvalue weighted by Crippen LogP contribution is -2.28. The lowest BCUT2D eigenvalue weighted by atomic mass is 10.5. The van der Waals surface area contributed by atoms with Gasteiger partial charge in [-0.1, -0.05) is 0 Å². The molecular formula is C12H18BrN5O. The number of aromatic nitrogens is 3. The van der Waals surface area contributed by atoms with Crippen LogP contribution in [0.4, 0.5) is 5.82 Å². The van der Waals surface area contributed by atoms with Gasteiger partial charge in [0.05, 0.1) is 6.61 Å². The number of hydrogen-bond acceptors (Lipinski definition) is 5. The summed E-state index contributed by atoms with van der Waals surface area (Å²) in [5.41, 5.74) is 0.836. The lowest BCUT2D eigenvalue weighted by molar-refractivity contribution is 0.163. The highest BCUT2D eigenvalue weighted by atomic mass is 79.9. The smallest absolute Gasteiger partial charge is 0.180 e. The first kappa shape index (κ1) is 14.2. The SMILES string of the molecule is COCCN(C)CCNc1nc(Br)cn2ccnc12. The molecule has 0 aliphatic rings. The second-order valence-electron chi connectivity index (χ2n) is 4.29. The van der Waals surface area contributed by atoms with Crippen molar-refractivity contribution in [3.05, 3.63) is 23.2 Å². The summed E-state index contributed by atoms with van der Waals surface area (Å²) in [6.45, 7) is 3.40.